The third-order valence-electron chi connectivity index (χ3n) is 2.53. The van der Waals surface area contributed by atoms with Crippen molar-refractivity contribution in [1.82, 2.24) is 9.97 Å². The predicted molar refractivity (Wildman–Crippen MR) is 56.9 cm³/mol. The summed E-state index contributed by atoms with van der Waals surface area (Å²) in [5.74, 6) is 0.638. The number of H-pyrrole nitrogens is 1. The van der Waals surface area contributed by atoms with Gasteiger partial charge in [-0.3, -0.25) is 4.79 Å². The largest absolute Gasteiger partial charge is 0.378 e. The molecular weight excluding hydrogens is 194 g/mol. The van der Waals surface area contributed by atoms with Crippen LogP contribution < -0.4 is 10.9 Å². The zero-order valence-electron chi connectivity index (χ0n) is 8.69. The number of ether oxygens (including phenoxy) is 1. The molecule has 1 aliphatic carbocycles. The van der Waals surface area contributed by atoms with E-state index < -0.39 is 0 Å². The highest BCUT2D eigenvalue weighted by Gasteiger charge is 2.29. The number of aromatic amines is 1. The zero-order chi connectivity index (χ0) is 10.7. The van der Waals surface area contributed by atoms with Gasteiger partial charge in [-0.2, -0.15) is 0 Å². The summed E-state index contributed by atoms with van der Waals surface area (Å²) in [5, 5.41) is 3.20. The topological polar surface area (TPSA) is 67.0 Å². The first-order chi connectivity index (χ1) is 7.28. The molecule has 82 valence electrons. The summed E-state index contributed by atoms with van der Waals surface area (Å²) < 4.78 is 5.44. The molecule has 0 bridgehead atoms. The number of hydrogen-bond donors (Lipinski definition) is 2. The standard InChI is InChI=1S/C10H15N3O2/c1-2-15-8-3-7(4-8)13-9-5-10(14)12-6-11-9/h5-8H,2-4H2,1H3,(H2,11,12,13,14). The fourth-order valence-corrected chi connectivity index (χ4v) is 1.71. The number of aromatic nitrogens is 2. The summed E-state index contributed by atoms with van der Waals surface area (Å²) in [5.41, 5.74) is -0.131. The van der Waals surface area contributed by atoms with Crippen molar-refractivity contribution >= 4 is 5.82 Å². The number of anilines is 1. The van der Waals surface area contributed by atoms with Crippen LogP contribution in [0.3, 0.4) is 0 Å². The third-order valence-corrected chi connectivity index (χ3v) is 2.53. The summed E-state index contributed by atoms with van der Waals surface area (Å²) >= 11 is 0. The molecule has 1 fully saturated rings. The Labute approximate surface area is 87.9 Å². The molecule has 15 heavy (non-hydrogen) atoms. The van der Waals surface area contributed by atoms with Crippen LogP contribution >= 0.6 is 0 Å². The Balaban J connectivity index is 1.82. The minimum atomic E-state index is -0.131. The van der Waals surface area contributed by atoms with Gasteiger partial charge in [0.05, 0.1) is 12.4 Å². The van der Waals surface area contributed by atoms with Crippen LogP contribution in [0.15, 0.2) is 17.2 Å². The summed E-state index contributed by atoms with van der Waals surface area (Å²) in [7, 11) is 0. The average Bonchev–Trinajstić information content (AvgIpc) is 2.15. The molecule has 0 aromatic carbocycles. The molecule has 2 N–H and O–H groups in total. The zero-order valence-corrected chi connectivity index (χ0v) is 8.69. The lowest BCUT2D eigenvalue weighted by molar-refractivity contribution is 0.00292. The second kappa shape index (κ2) is 4.44. The molecule has 0 spiro atoms. The van der Waals surface area contributed by atoms with Crippen LogP contribution in [0, 0.1) is 0 Å². The number of nitrogens with zero attached hydrogens (tertiary/aromatic N) is 1. The van der Waals surface area contributed by atoms with Gasteiger partial charge in [0.2, 0.25) is 0 Å². The van der Waals surface area contributed by atoms with Crippen molar-refractivity contribution in [3.05, 3.63) is 22.7 Å². The maximum Gasteiger partial charge on any atom is 0.252 e. The first-order valence-electron chi connectivity index (χ1n) is 5.21. The van der Waals surface area contributed by atoms with Crippen molar-refractivity contribution in [2.45, 2.75) is 31.9 Å². The van der Waals surface area contributed by atoms with Gasteiger partial charge in [0.1, 0.15) is 5.82 Å². The maximum atomic E-state index is 11.0. The van der Waals surface area contributed by atoms with Gasteiger partial charge in [0.15, 0.2) is 0 Å². The number of hydrogen-bond acceptors (Lipinski definition) is 4. The molecule has 0 aliphatic heterocycles. The van der Waals surface area contributed by atoms with E-state index in [1.807, 2.05) is 6.92 Å². The maximum absolute atomic E-state index is 11.0. The molecule has 1 saturated carbocycles. The van der Waals surface area contributed by atoms with Crippen LogP contribution in [0.4, 0.5) is 5.82 Å². The molecule has 0 radical (unpaired) electrons. The highest BCUT2D eigenvalue weighted by atomic mass is 16.5. The summed E-state index contributed by atoms with van der Waals surface area (Å²) in [4.78, 5) is 17.5. The molecule has 0 atom stereocenters. The summed E-state index contributed by atoms with van der Waals surface area (Å²) in [6.07, 6.45) is 3.75. The third kappa shape index (κ3) is 2.56. The summed E-state index contributed by atoms with van der Waals surface area (Å²) in [6, 6.07) is 1.85. The van der Waals surface area contributed by atoms with Gasteiger partial charge in [-0.05, 0) is 19.8 Å². The molecule has 2 rings (SSSR count). The highest BCUT2D eigenvalue weighted by Crippen LogP contribution is 2.25. The quantitative estimate of drug-likeness (QED) is 0.768. The van der Waals surface area contributed by atoms with E-state index in [0.717, 1.165) is 19.4 Å². The molecule has 1 aromatic rings. The Hall–Kier alpha value is -1.36. The van der Waals surface area contributed by atoms with Crippen molar-refractivity contribution in [1.29, 1.82) is 0 Å². The lowest BCUT2D eigenvalue weighted by Crippen LogP contribution is -2.41. The van der Waals surface area contributed by atoms with Crippen molar-refractivity contribution in [3.8, 4) is 0 Å². The lowest BCUT2D eigenvalue weighted by atomic mass is 9.89. The van der Waals surface area contributed by atoms with Gasteiger partial charge in [0, 0.05) is 18.7 Å². The van der Waals surface area contributed by atoms with Gasteiger partial charge in [0.25, 0.3) is 5.56 Å². The van der Waals surface area contributed by atoms with E-state index in [2.05, 4.69) is 15.3 Å². The SMILES string of the molecule is CCOC1CC(Nc2cc(=O)[nH]cn2)C1. The molecule has 0 unspecified atom stereocenters. The Morgan fingerprint density at radius 3 is 3.13 bits per heavy atom. The smallest absolute Gasteiger partial charge is 0.252 e. The van der Waals surface area contributed by atoms with E-state index in [1.54, 1.807) is 0 Å². The van der Waals surface area contributed by atoms with E-state index in [4.69, 9.17) is 4.74 Å². The second-order valence-electron chi connectivity index (χ2n) is 3.69. The molecular formula is C10H15N3O2. The molecule has 5 heteroatoms. The normalized spacial score (nSPS) is 24.6. The van der Waals surface area contributed by atoms with E-state index in [9.17, 15) is 4.79 Å². The molecule has 0 amide bonds. The van der Waals surface area contributed by atoms with E-state index in [1.165, 1.54) is 12.4 Å². The Kier molecular flexibility index (Phi) is 3.01. The van der Waals surface area contributed by atoms with Gasteiger partial charge in [-0.15, -0.1) is 0 Å². The van der Waals surface area contributed by atoms with Crippen molar-refractivity contribution in [2.75, 3.05) is 11.9 Å². The first kappa shape index (κ1) is 10.2. The van der Waals surface area contributed by atoms with Crippen LogP contribution in [0.1, 0.15) is 19.8 Å². The monoisotopic (exact) mass is 209 g/mol. The fraction of sp³-hybridized carbons (Fsp3) is 0.600. The Morgan fingerprint density at radius 2 is 2.47 bits per heavy atom. The van der Waals surface area contributed by atoms with Gasteiger partial charge >= 0.3 is 0 Å². The van der Waals surface area contributed by atoms with Crippen LogP contribution in [0.5, 0.6) is 0 Å². The van der Waals surface area contributed by atoms with Crippen molar-refractivity contribution in [3.63, 3.8) is 0 Å². The molecule has 5 nitrogen and oxygen atoms in total. The van der Waals surface area contributed by atoms with Gasteiger partial charge in [-0.25, -0.2) is 4.98 Å². The summed E-state index contributed by atoms with van der Waals surface area (Å²) in [6.45, 7) is 2.76. The van der Waals surface area contributed by atoms with Crippen LogP contribution in [-0.2, 0) is 4.74 Å². The van der Waals surface area contributed by atoms with Crippen LogP contribution in [-0.4, -0.2) is 28.7 Å². The van der Waals surface area contributed by atoms with Crippen molar-refractivity contribution < 1.29 is 4.74 Å². The van der Waals surface area contributed by atoms with E-state index in [-0.39, 0.29) is 5.56 Å². The molecule has 1 aromatic heterocycles. The fourth-order valence-electron chi connectivity index (χ4n) is 1.71. The van der Waals surface area contributed by atoms with Crippen LogP contribution in [0.25, 0.3) is 0 Å². The minimum Gasteiger partial charge on any atom is -0.378 e. The highest BCUT2D eigenvalue weighted by molar-refractivity contribution is 5.34. The van der Waals surface area contributed by atoms with Crippen molar-refractivity contribution in [2.24, 2.45) is 0 Å². The second-order valence-corrected chi connectivity index (χ2v) is 3.69. The Morgan fingerprint density at radius 1 is 1.67 bits per heavy atom. The van der Waals surface area contributed by atoms with Gasteiger partial charge in [-0.1, -0.05) is 0 Å². The average molecular weight is 209 g/mol. The first-order valence-corrected chi connectivity index (χ1v) is 5.21. The number of nitrogens with one attached hydrogen (secondary N) is 2. The molecule has 1 aliphatic rings. The Bertz CT molecular complexity index is 371. The molecule has 1 heterocycles. The minimum absolute atomic E-state index is 0.131. The van der Waals surface area contributed by atoms with E-state index >= 15 is 0 Å². The van der Waals surface area contributed by atoms with E-state index in [0.29, 0.717) is 18.0 Å². The molecule has 0 saturated heterocycles. The lowest BCUT2D eigenvalue weighted by Gasteiger charge is -2.35. The van der Waals surface area contributed by atoms with Gasteiger partial charge < -0.3 is 15.0 Å². The predicted octanol–water partition coefficient (Wildman–Crippen LogP) is 0.749. The van der Waals surface area contributed by atoms with Crippen LogP contribution in [0.2, 0.25) is 0 Å². The number of rotatable bonds is 4.